The Labute approximate surface area is 121 Å². The predicted molar refractivity (Wildman–Crippen MR) is 88.8 cm³/mol. The molecule has 0 fully saturated rings. The molecule has 1 heteroatoms. The minimum atomic E-state index is 1.00. The molecule has 0 aliphatic carbocycles. The zero-order valence-corrected chi connectivity index (χ0v) is 12.5. The number of aryl methyl sites for hydroxylation is 2. The molecule has 0 aliphatic heterocycles. The Morgan fingerprint density at radius 1 is 1.30 bits per heavy atom. The third-order valence-electron chi connectivity index (χ3n) is 3.43. The van der Waals surface area contributed by atoms with Crippen molar-refractivity contribution in [2.24, 2.45) is 0 Å². The van der Waals surface area contributed by atoms with Gasteiger partial charge in [0.05, 0.1) is 11.2 Å². The molecule has 0 saturated carbocycles. The van der Waals surface area contributed by atoms with Gasteiger partial charge in [0.1, 0.15) is 0 Å². The van der Waals surface area contributed by atoms with Crippen molar-refractivity contribution in [1.82, 2.24) is 4.98 Å². The zero-order chi connectivity index (χ0) is 14.5. The number of nitrogens with zero attached hydrogens (tertiary/aromatic N) is 1. The lowest BCUT2D eigenvalue weighted by Gasteiger charge is -2.08. The van der Waals surface area contributed by atoms with Gasteiger partial charge in [-0.15, -0.1) is 0 Å². The average Bonchev–Trinajstić information content (AvgIpc) is 2.46. The Bertz CT molecular complexity index is 690. The molecule has 2 aromatic rings. The highest BCUT2D eigenvalue weighted by atomic mass is 14.7. The van der Waals surface area contributed by atoms with Crippen molar-refractivity contribution in [2.75, 3.05) is 0 Å². The van der Waals surface area contributed by atoms with E-state index in [1.165, 1.54) is 16.5 Å². The monoisotopic (exact) mass is 263 g/mol. The Balaban J connectivity index is 2.66. The van der Waals surface area contributed by atoms with Gasteiger partial charge in [-0.1, -0.05) is 49.9 Å². The fourth-order valence-electron chi connectivity index (χ4n) is 2.35. The second kappa shape index (κ2) is 6.33. The number of hydrogen-bond donors (Lipinski definition) is 0. The largest absolute Gasteiger partial charge is 0.248 e. The summed E-state index contributed by atoms with van der Waals surface area (Å²) in [4.78, 5) is 4.81. The molecule has 0 spiro atoms. The van der Waals surface area contributed by atoms with Gasteiger partial charge in [-0.2, -0.15) is 0 Å². The maximum absolute atomic E-state index is 4.81. The van der Waals surface area contributed by atoms with Crippen LogP contribution in [0.3, 0.4) is 0 Å². The van der Waals surface area contributed by atoms with Crippen LogP contribution < -0.4 is 0 Å². The quantitative estimate of drug-likeness (QED) is 0.686. The van der Waals surface area contributed by atoms with E-state index in [-0.39, 0.29) is 0 Å². The molecule has 1 aromatic carbocycles. The van der Waals surface area contributed by atoms with Crippen LogP contribution in [0.25, 0.3) is 16.5 Å². The second-order valence-electron chi connectivity index (χ2n) is 4.89. The smallest absolute Gasteiger partial charge is 0.0714 e. The molecule has 20 heavy (non-hydrogen) atoms. The summed E-state index contributed by atoms with van der Waals surface area (Å²) in [5.41, 5.74) is 5.74. The Hall–Kier alpha value is -2.15. The minimum absolute atomic E-state index is 1.00. The van der Waals surface area contributed by atoms with Crippen LogP contribution in [0.1, 0.15) is 30.7 Å². The summed E-state index contributed by atoms with van der Waals surface area (Å²) >= 11 is 0. The van der Waals surface area contributed by atoms with Crippen molar-refractivity contribution < 1.29 is 0 Å². The van der Waals surface area contributed by atoms with Crippen molar-refractivity contribution in [1.29, 1.82) is 0 Å². The minimum Gasteiger partial charge on any atom is -0.248 e. The number of pyridine rings is 1. The summed E-state index contributed by atoms with van der Waals surface area (Å²) in [6.07, 6.45) is 8.93. The van der Waals surface area contributed by atoms with Gasteiger partial charge in [0.15, 0.2) is 0 Å². The highest BCUT2D eigenvalue weighted by Gasteiger charge is 2.05. The van der Waals surface area contributed by atoms with Crippen molar-refractivity contribution >= 4 is 16.5 Å². The van der Waals surface area contributed by atoms with Gasteiger partial charge >= 0.3 is 0 Å². The Kier molecular flexibility index (Phi) is 4.52. The SMILES string of the molecule is C=C/C=C(\C=C/C)c1cc(C)c2ccc(CC)cc2n1. The first-order valence-corrected chi connectivity index (χ1v) is 7.05. The summed E-state index contributed by atoms with van der Waals surface area (Å²) in [6, 6.07) is 8.69. The first-order valence-electron chi connectivity index (χ1n) is 7.05. The highest BCUT2D eigenvalue weighted by molar-refractivity contribution is 5.86. The van der Waals surface area contributed by atoms with E-state index in [1.54, 1.807) is 6.08 Å². The molecule has 0 bridgehead atoms. The summed E-state index contributed by atoms with van der Waals surface area (Å²) in [7, 11) is 0. The number of allylic oxidation sites excluding steroid dienone is 5. The highest BCUT2D eigenvalue weighted by Crippen LogP contribution is 2.23. The van der Waals surface area contributed by atoms with Gasteiger partial charge in [0.25, 0.3) is 0 Å². The van der Waals surface area contributed by atoms with E-state index in [2.05, 4.69) is 50.8 Å². The summed E-state index contributed by atoms with van der Waals surface area (Å²) in [5.74, 6) is 0. The van der Waals surface area contributed by atoms with E-state index in [1.807, 2.05) is 19.1 Å². The molecule has 0 radical (unpaired) electrons. The van der Waals surface area contributed by atoms with E-state index in [0.29, 0.717) is 0 Å². The number of rotatable bonds is 4. The Morgan fingerprint density at radius 3 is 2.75 bits per heavy atom. The third-order valence-corrected chi connectivity index (χ3v) is 3.43. The second-order valence-corrected chi connectivity index (χ2v) is 4.89. The van der Waals surface area contributed by atoms with Crippen LogP contribution >= 0.6 is 0 Å². The normalized spacial score (nSPS) is 12.2. The maximum Gasteiger partial charge on any atom is 0.0714 e. The van der Waals surface area contributed by atoms with E-state index in [9.17, 15) is 0 Å². The predicted octanol–water partition coefficient (Wildman–Crippen LogP) is 5.25. The molecule has 0 amide bonds. The van der Waals surface area contributed by atoms with E-state index in [0.717, 1.165) is 23.2 Å². The molecule has 1 aromatic heterocycles. The van der Waals surface area contributed by atoms with Crippen LogP contribution in [0.4, 0.5) is 0 Å². The number of aromatic nitrogens is 1. The maximum atomic E-state index is 4.81. The van der Waals surface area contributed by atoms with E-state index in [4.69, 9.17) is 4.98 Å². The van der Waals surface area contributed by atoms with Crippen molar-refractivity contribution in [3.05, 3.63) is 72.0 Å². The topological polar surface area (TPSA) is 12.9 Å². The molecule has 0 aliphatic rings. The molecule has 0 unspecified atom stereocenters. The fraction of sp³-hybridized carbons (Fsp3) is 0.211. The van der Waals surface area contributed by atoms with Gasteiger partial charge in [0, 0.05) is 5.39 Å². The van der Waals surface area contributed by atoms with E-state index < -0.39 is 0 Å². The van der Waals surface area contributed by atoms with E-state index >= 15 is 0 Å². The molecule has 2 rings (SSSR count). The van der Waals surface area contributed by atoms with Crippen LogP contribution in [-0.4, -0.2) is 4.98 Å². The molecule has 1 nitrogen and oxygen atoms in total. The summed E-state index contributed by atoms with van der Waals surface area (Å²) in [5, 5.41) is 1.23. The van der Waals surface area contributed by atoms with Gasteiger partial charge in [-0.25, -0.2) is 4.98 Å². The van der Waals surface area contributed by atoms with Crippen LogP contribution in [0.15, 0.2) is 55.1 Å². The lowest BCUT2D eigenvalue weighted by molar-refractivity contribution is 1.14. The molecule has 0 N–H and O–H groups in total. The fourth-order valence-corrected chi connectivity index (χ4v) is 2.35. The van der Waals surface area contributed by atoms with Crippen LogP contribution in [0, 0.1) is 6.92 Å². The van der Waals surface area contributed by atoms with Gasteiger partial charge in [-0.3, -0.25) is 0 Å². The molecule has 0 saturated heterocycles. The van der Waals surface area contributed by atoms with Gasteiger partial charge in [-0.05, 0) is 49.1 Å². The van der Waals surface area contributed by atoms with Gasteiger partial charge in [0.2, 0.25) is 0 Å². The molecule has 1 heterocycles. The molecular weight excluding hydrogens is 242 g/mol. The standard InChI is InChI=1S/C19H21N/c1-5-8-16(9-6-2)18-12-14(4)17-11-10-15(7-3)13-19(17)20-18/h5-6,8-13H,1,7H2,2-4H3/b9-6-,16-8+. The van der Waals surface area contributed by atoms with Crippen LogP contribution in [0.5, 0.6) is 0 Å². The molecule has 0 atom stereocenters. The van der Waals surface area contributed by atoms with Crippen LogP contribution in [-0.2, 0) is 6.42 Å². The number of fused-ring (bicyclic) bond motifs is 1. The van der Waals surface area contributed by atoms with Crippen LogP contribution in [0.2, 0.25) is 0 Å². The average molecular weight is 263 g/mol. The van der Waals surface area contributed by atoms with Crippen molar-refractivity contribution in [3.8, 4) is 0 Å². The number of hydrogen-bond acceptors (Lipinski definition) is 1. The first kappa shape index (κ1) is 14.3. The van der Waals surface area contributed by atoms with Gasteiger partial charge < -0.3 is 0 Å². The molecular formula is C19H21N. The Morgan fingerprint density at radius 2 is 2.10 bits per heavy atom. The van der Waals surface area contributed by atoms with Crippen molar-refractivity contribution in [2.45, 2.75) is 27.2 Å². The first-order chi connectivity index (χ1) is 9.69. The third kappa shape index (κ3) is 2.88. The lowest BCUT2D eigenvalue weighted by atomic mass is 10.0. The number of benzene rings is 1. The van der Waals surface area contributed by atoms with Crippen molar-refractivity contribution in [3.63, 3.8) is 0 Å². The molecule has 102 valence electrons. The summed E-state index contributed by atoms with van der Waals surface area (Å²) < 4.78 is 0. The zero-order valence-electron chi connectivity index (χ0n) is 12.5. The lowest BCUT2D eigenvalue weighted by Crippen LogP contribution is -1.93. The summed E-state index contributed by atoms with van der Waals surface area (Å²) in [6.45, 7) is 10.1.